The number of thiophene rings is 1. The number of rotatable bonds is 5. The topological polar surface area (TPSA) is 78.0 Å². The summed E-state index contributed by atoms with van der Waals surface area (Å²) in [5, 5.41) is 2.50. The van der Waals surface area contributed by atoms with Crippen LogP contribution in [0.1, 0.15) is 30.5 Å². The fourth-order valence-corrected chi connectivity index (χ4v) is 4.65. The van der Waals surface area contributed by atoms with Crippen LogP contribution in [0.15, 0.2) is 58.7 Å². The van der Waals surface area contributed by atoms with Gasteiger partial charge in [-0.2, -0.15) is 0 Å². The van der Waals surface area contributed by atoms with Crippen LogP contribution in [0.3, 0.4) is 0 Å². The normalized spacial score (nSPS) is 12.2. The summed E-state index contributed by atoms with van der Waals surface area (Å²) in [4.78, 5) is 31.4. The molecule has 30 heavy (non-hydrogen) atoms. The van der Waals surface area contributed by atoms with Crippen LogP contribution < -0.4 is 11.3 Å². The highest BCUT2D eigenvalue weighted by Gasteiger charge is 2.25. The molecule has 2 aromatic heterocycles. The highest BCUT2D eigenvalue weighted by molar-refractivity contribution is 7.17. The fraction of sp³-hybridized carbons (Fsp3) is 0.208. The van der Waals surface area contributed by atoms with E-state index < -0.39 is 11.9 Å². The zero-order valence-corrected chi connectivity index (χ0v) is 18.0. The molecular weight excluding hydrogens is 394 g/mol. The van der Waals surface area contributed by atoms with Crippen molar-refractivity contribution in [1.82, 2.24) is 9.55 Å². The Kier molecular flexibility index (Phi) is 5.26. The second-order valence-corrected chi connectivity index (χ2v) is 8.29. The lowest BCUT2D eigenvalue weighted by atomic mass is 10.0. The van der Waals surface area contributed by atoms with E-state index in [1.165, 1.54) is 21.5 Å². The molecule has 4 aromatic rings. The van der Waals surface area contributed by atoms with Crippen molar-refractivity contribution in [3.8, 4) is 22.5 Å². The summed E-state index contributed by atoms with van der Waals surface area (Å²) in [5.41, 5.74) is 10.4. The molecule has 0 aliphatic heterocycles. The van der Waals surface area contributed by atoms with Crippen molar-refractivity contribution < 1.29 is 4.79 Å². The number of fused-ring (bicyclic) bond motifs is 1. The molecule has 0 saturated heterocycles. The number of amides is 1. The Bertz CT molecular complexity index is 1310. The number of hydrogen-bond acceptors (Lipinski definition) is 4. The smallest absolute Gasteiger partial charge is 0.263 e. The molecule has 0 spiro atoms. The maximum Gasteiger partial charge on any atom is 0.263 e. The van der Waals surface area contributed by atoms with Gasteiger partial charge in [-0.3, -0.25) is 14.2 Å². The minimum absolute atomic E-state index is 0.237. The fourth-order valence-electron chi connectivity index (χ4n) is 3.72. The van der Waals surface area contributed by atoms with Gasteiger partial charge < -0.3 is 5.73 Å². The number of primary amides is 1. The summed E-state index contributed by atoms with van der Waals surface area (Å²) in [6, 6.07) is 14.8. The summed E-state index contributed by atoms with van der Waals surface area (Å²) in [6.45, 7) is 5.96. The monoisotopic (exact) mass is 417 g/mol. The van der Waals surface area contributed by atoms with E-state index in [1.807, 2.05) is 48.7 Å². The maximum absolute atomic E-state index is 13.8. The van der Waals surface area contributed by atoms with Crippen molar-refractivity contribution in [2.75, 3.05) is 0 Å². The van der Waals surface area contributed by atoms with Gasteiger partial charge in [0.15, 0.2) is 0 Å². The van der Waals surface area contributed by atoms with Crippen LogP contribution in [-0.4, -0.2) is 15.5 Å². The highest BCUT2D eigenvalue weighted by Crippen LogP contribution is 2.34. The van der Waals surface area contributed by atoms with Gasteiger partial charge in [-0.25, -0.2) is 4.98 Å². The molecule has 2 aromatic carbocycles. The average molecular weight is 418 g/mol. The SMILES string of the molecule is CCC(C(N)=O)n1c(-c2ccccc2)nc2scc(-c3ccc(C)c(C)c3)c2c1=O. The van der Waals surface area contributed by atoms with Crippen molar-refractivity contribution >= 4 is 27.5 Å². The lowest BCUT2D eigenvalue weighted by Gasteiger charge is -2.19. The largest absolute Gasteiger partial charge is 0.368 e. The third-order valence-corrected chi connectivity index (χ3v) is 6.39. The number of nitrogens with zero attached hydrogens (tertiary/aromatic N) is 2. The van der Waals surface area contributed by atoms with E-state index in [4.69, 9.17) is 10.7 Å². The standard InChI is InChI=1S/C24H23N3O2S/c1-4-19(21(25)28)27-22(16-8-6-5-7-9-16)26-23-20(24(27)29)18(13-30-23)17-11-10-14(2)15(3)12-17/h5-13,19H,4H2,1-3H3,(H2,25,28). The van der Waals surface area contributed by atoms with E-state index in [-0.39, 0.29) is 5.56 Å². The number of nitrogens with two attached hydrogens (primary N) is 1. The van der Waals surface area contributed by atoms with Crippen molar-refractivity contribution in [1.29, 1.82) is 0 Å². The first kappa shape index (κ1) is 20.0. The van der Waals surface area contributed by atoms with E-state index in [2.05, 4.69) is 26.0 Å². The molecule has 1 unspecified atom stereocenters. The molecule has 2 heterocycles. The van der Waals surface area contributed by atoms with Gasteiger partial charge in [0.25, 0.3) is 5.56 Å². The first-order chi connectivity index (χ1) is 14.4. The van der Waals surface area contributed by atoms with Gasteiger partial charge in [0.2, 0.25) is 5.91 Å². The molecule has 0 aliphatic rings. The van der Waals surface area contributed by atoms with E-state index in [0.717, 1.165) is 22.3 Å². The van der Waals surface area contributed by atoms with Crippen LogP contribution in [0, 0.1) is 13.8 Å². The lowest BCUT2D eigenvalue weighted by molar-refractivity contribution is -0.121. The second kappa shape index (κ2) is 7.88. The van der Waals surface area contributed by atoms with Crippen LogP contribution in [-0.2, 0) is 4.79 Å². The summed E-state index contributed by atoms with van der Waals surface area (Å²) in [5.74, 6) is -0.0758. The maximum atomic E-state index is 13.8. The zero-order valence-electron chi connectivity index (χ0n) is 17.2. The van der Waals surface area contributed by atoms with E-state index >= 15 is 0 Å². The van der Waals surface area contributed by atoms with Gasteiger partial charge in [0, 0.05) is 16.5 Å². The molecule has 0 fully saturated rings. The minimum atomic E-state index is -0.767. The van der Waals surface area contributed by atoms with Crippen LogP contribution in [0.2, 0.25) is 0 Å². The molecular formula is C24H23N3O2S. The molecule has 0 radical (unpaired) electrons. The Hall–Kier alpha value is -3.25. The number of benzene rings is 2. The molecule has 6 heteroatoms. The van der Waals surface area contributed by atoms with E-state index in [0.29, 0.717) is 22.5 Å². The molecule has 0 aliphatic carbocycles. The van der Waals surface area contributed by atoms with Crippen molar-refractivity contribution in [2.24, 2.45) is 5.73 Å². The Labute approximate surface area is 178 Å². The predicted molar refractivity (Wildman–Crippen MR) is 123 cm³/mol. The number of carbonyl (C=O) groups is 1. The van der Waals surface area contributed by atoms with Gasteiger partial charge in [-0.15, -0.1) is 11.3 Å². The Morgan fingerprint density at radius 3 is 2.47 bits per heavy atom. The van der Waals surface area contributed by atoms with Crippen LogP contribution in [0.25, 0.3) is 32.7 Å². The first-order valence-corrected chi connectivity index (χ1v) is 10.8. The molecule has 152 valence electrons. The van der Waals surface area contributed by atoms with E-state index in [1.54, 1.807) is 0 Å². The predicted octanol–water partition coefficient (Wildman–Crippen LogP) is 4.85. The average Bonchev–Trinajstić information content (AvgIpc) is 3.17. The quantitative estimate of drug-likeness (QED) is 0.504. The van der Waals surface area contributed by atoms with Gasteiger partial charge in [0.1, 0.15) is 16.7 Å². The number of hydrogen-bond donors (Lipinski definition) is 1. The molecule has 0 bridgehead atoms. The molecule has 1 atom stereocenters. The second-order valence-electron chi connectivity index (χ2n) is 7.43. The van der Waals surface area contributed by atoms with Crippen LogP contribution >= 0.6 is 11.3 Å². The Morgan fingerprint density at radius 1 is 1.10 bits per heavy atom. The molecule has 4 rings (SSSR count). The Balaban J connectivity index is 2.06. The molecule has 2 N–H and O–H groups in total. The number of carbonyl (C=O) groups excluding carboxylic acids is 1. The summed E-state index contributed by atoms with van der Waals surface area (Å²) in [7, 11) is 0. The van der Waals surface area contributed by atoms with Crippen LogP contribution in [0.4, 0.5) is 0 Å². The molecule has 0 saturated carbocycles. The summed E-state index contributed by atoms with van der Waals surface area (Å²) in [6.07, 6.45) is 0.408. The third-order valence-electron chi connectivity index (χ3n) is 5.52. The van der Waals surface area contributed by atoms with Gasteiger partial charge in [0.05, 0.1) is 5.39 Å². The first-order valence-electron chi connectivity index (χ1n) is 9.88. The van der Waals surface area contributed by atoms with Crippen molar-refractivity contribution in [2.45, 2.75) is 33.2 Å². The van der Waals surface area contributed by atoms with Crippen molar-refractivity contribution in [3.63, 3.8) is 0 Å². The molecule has 1 amide bonds. The summed E-state index contributed by atoms with van der Waals surface area (Å²) < 4.78 is 1.47. The van der Waals surface area contributed by atoms with Gasteiger partial charge >= 0.3 is 0 Å². The molecule has 5 nitrogen and oxygen atoms in total. The number of aryl methyl sites for hydroxylation is 2. The van der Waals surface area contributed by atoms with Crippen molar-refractivity contribution in [3.05, 3.63) is 75.4 Å². The lowest BCUT2D eigenvalue weighted by Crippen LogP contribution is -2.35. The van der Waals surface area contributed by atoms with Crippen LogP contribution in [0.5, 0.6) is 0 Å². The number of aromatic nitrogens is 2. The third kappa shape index (κ3) is 3.33. The highest BCUT2D eigenvalue weighted by atomic mass is 32.1. The Morgan fingerprint density at radius 2 is 1.83 bits per heavy atom. The zero-order chi connectivity index (χ0) is 21.4. The van der Waals surface area contributed by atoms with Gasteiger partial charge in [-0.05, 0) is 37.0 Å². The van der Waals surface area contributed by atoms with E-state index in [9.17, 15) is 9.59 Å². The van der Waals surface area contributed by atoms with Gasteiger partial charge in [-0.1, -0.05) is 55.5 Å². The minimum Gasteiger partial charge on any atom is -0.368 e. The summed E-state index contributed by atoms with van der Waals surface area (Å²) >= 11 is 1.44.